The first-order valence-electron chi connectivity index (χ1n) is 5.60. The summed E-state index contributed by atoms with van der Waals surface area (Å²) in [5.41, 5.74) is 3.23. The van der Waals surface area contributed by atoms with Gasteiger partial charge in [0.05, 0.1) is 10.2 Å². The smallest absolute Gasteiger partial charge is 0.124 e. The summed E-state index contributed by atoms with van der Waals surface area (Å²) in [7, 11) is 1.91. The predicted octanol–water partition coefficient (Wildman–Crippen LogP) is 4.66. The highest BCUT2D eigenvalue weighted by Gasteiger charge is 2.06. The Hall–Kier alpha value is -1.58. The van der Waals surface area contributed by atoms with Crippen molar-refractivity contribution in [2.24, 2.45) is 0 Å². The lowest BCUT2D eigenvalue weighted by Gasteiger charge is -2.00. The molecule has 0 unspecified atom stereocenters. The molecule has 0 atom stereocenters. The monoisotopic (exact) mass is 274 g/mol. The molecular weight excluding hydrogens is 264 g/mol. The third-order valence-electron chi connectivity index (χ3n) is 2.77. The van der Waals surface area contributed by atoms with Crippen molar-refractivity contribution in [3.63, 3.8) is 0 Å². The lowest BCUT2D eigenvalue weighted by atomic mass is 10.2. The van der Waals surface area contributed by atoms with Crippen LogP contribution in [0.25, 0.3) is 20.8 Å². The fourth-order valence-electron chi connectivity index (χ4n) is 1.80. The average molecular weight is 275 g/mol. The largest absolute Gasteiger partial charge is 0.388 e. The zero-order valence-electron chi connectivity index (χ0n) is 9.77. The topological polar surface area (TPSA) is 24.9 Å². The molecule has 0 amide bonds. The molecule has 18 heavy (non-hydrogen) atoms. The van der Waals surface area contributed by atoms with Gasteiger partial charge in [0, 0.05) is 23.3 Å². The number of aromatic nitrogens is 1. The Morgan fingerprint density at radius 3 is 2.61 bits per heavy atom. The summed E-state index contributed by atoms with van der Waals surface area (Å²) in [6.07, 6.45) is 0. The molecule has 3 aromatic rings. The van der Waals surface area contributed by atoms with E-state index in [2.05, 4.69) is 22.4 Å². The Balaban J connectivity index is 2.07. The van der Waals surface area contributed by atoms with Crippen LogP contribution in [0.15, 0.2) is 42.5 Å². The molecule has 90 valence electrons. The zero-order chi connectivity index (χ0) is 12.5. The molecule has 2 aromatic carbocycles. The van der Waals surface area contributed by atoms with E-state index in [1.807, 2.05) is 37.4 Å². The lowest BCUT2D eigenvalue weighted by molar-refractivity contribution is 1.46. The molecule has 1 aromatic heterocycles. The highest BCUT2D eigenvalue weighted by molar-refractivity contribution is 7.21. The number of nitrogens with zero attached hydrogens (tertiary/aromatic N) is 1. The van der Waals surface area contributed by atoms with Crippen molar-refractivity contribution < 1.29 is 0 Å². The van der Waals surface area contributed by atoms with Crippen molar-refractivity contribution in [1.29, 1.82) is 0 Å². The second-order valence-electron chi connectivity index (χ2n) is 3.96. The number of halogens is 1. The van der Waals surface area contributed by atoms with E-state index in [0.717, 1.165) is 31.5 Å². The van der Waals surface area contributed by atoms with E-state index in [9.17, 15) is 0 Å². The Morgan fingerprint density at radius 2 is 1.89 bits per heavy atom. The van der Waals surface area contributed by atoms with Crippen molar-refractivity contribution in [3.05, 3.63) is 47.5 Å². The van der Waals surface area contributed by atoms with Crippen LogP contribution in [0.1, 0.15) is 0 Å². The number of rotatable bonds is 2. The van der Waals surface area contributed by atoms with Crippen LogP contribution in [-0.4, -0.2) is 12.0 Å². The van der Waals surface area contributed by atoms with Gasteiger partial charge in [-0.3, -0.25) is 0 Å². The summed E-state index contributed by atoms with van der Waals surface area (Å²) in [5.74, 6) is 0. The molecule has 0 aliphatic heterocycles. The number of anilines is 1. The summed E-state index contributed by atoms with van der Waals surface area (Å²) < 4.78 is 1.12. The Labute approximate surface area is 114 Å². The number of benzene rings is 2. The molecule has 0 aliphatic carbocycles. The fraction of sp³-hybridized carbons (Fsp3) is 0.0714. The quantitative estimate of drug-likeness (QED) is 0.735. The van der Waals surface area contributed by atoms with Gasteiger partial charge in [-0.05, 0) is 42.5 Å². The molecule has 0 fully saturated rings. The minimum Gasteiger partial charge on any atom is -0.388 e. The number of hydrogen-bond acceptors (Lipinski definition) is 3. The van der Waals surface area contributed by atoms with Gasteiger partial charge in [0.15, 0.2) is 0 Å². The van der Waals surface area contributed by atoms with Gasteiger partial charge in [0.1, 0.15) is 5.01 Å². The molecule has 1 heterocycles. The Bertz CT molecular complexity index is 689. The average Bonchev–Trinajstić information content (AvgIpc) is 2.81. The summed E-state index contributed by atoms with van der Waals surface area (Å²) >= 11 is 7.65. The van der Waals surface area contributed by atoms with E-state index in [1.54, 1.807) is 11.3 Å². The van der Waals surface area contributed by atoms with E-state index < -0.39 is 0 Å². The second-order valence-corrected chi connectivity index (χ2v) is 5.43. The maximum absolute atomic E-state index is 5.98. The standard InChI is InChI=1S/C14H11ClN2S/c1-16-11-5-2-9(3-6-11)14-17-12-7-4-10(15)8-13(12)18-14/h2-8,16H,1H3. The molecule has 2 nitrogen and oxygen atoms in total. The third-order valence-corrected chi connectivity index (χ3v) is 4.07. The van der Waals surface area contributed by atoms with Crippen molar-refractivity contribution >= 4 is 38.8 Å². The molecular formula is C14H11ClN2S. The number of thiazole rings is 1. The summed E-state index contributed by atoms with van der Waals surface area (Å²) in [4.78, 5) is 4.62. The Morgan fingerprint density at radius 1 is 1.11 bits per heavy atom. The number of hydrogen-bond donors (Lipinski definition) is 1. The minimum absolute atomic E-state index is 0.753. The maximum atomic E-state index is 5.98. The highest BCUT2D eigenvalue weighted by atomic mass is 35.5. The first-order chi connectivity index (χ1) is 8.76. The third kappa shape index (κ3) is 2.07. The summed E-state index contributed by atoms with van der Waals surface area (Å²) in [6, 6.07) is 14.0. The van der Waals surface area contributed by atoms with Crippen LogP contribution in [0.5, 0.6) is 0 Å². The van der Waals surface area contributed by atoms with E-state index in [0.29, 0.717) is 0 Å². The van der Waals surface area contributed by atoms with Crippen molar-refractivity contribution in [3.8, 4) is 10.6 Å². The van der Waals surface area contributed by atoms with Crippen molar-refractivity contribution in [2.45, 2.75) is 0 Å². The SMILES string of the molecule is CNc1ccc(-c2nc3ccc(Cl)cc3s2)cc1. The van der Waals surface area contributed by atoms with Gasteiger partial charge in [-0.1, -0.05) is 11.6 Å². The molecule has 0 radical (unpaired) electrons. The molecule has 4 heteroatoms. The predicted molar refractivity (Wildman–Crippen MR) is 79.6 cm³/mol. The Kier molecular flexibility index (Phi) is 2.94. The fourth-order valence-corrected chi connectivity index (χ4v) is 3.05. The molecule has 0 bridgehead atoms. The molecule has 0 saturated carbocycles. The highest BCUT2D eigenvalue weighted by Crippen LogP contribution is 2.32. The van der Waals surface area contributed by atoms with Crippen LogP contribution in [0.3, 0.4) is 0 Å². The van der Waals surface area contributed by atoms with Gasteiger partial charge in [0.2, 0.25) is 0 Å². The minimum atomic E-state index is 0.753. The lowest BCUT2D eigenvalue weighted by Crippen LogP contribution is -1.86. The van der Waals surface area contributed by atoms with Crippen molar-refractivity contribution in [2.75, 3.05) is 12.4 Å². The molecule has 0 aliphatic rings. The maximum Gasteiger partial charge on any atom is 0.124 e. The van der Waals surface area contributed by atoms with Gasteiger partial charge in [-0.25, -0.2) is 4.98 Å². The molecule has 1 N–H and O–H groups in total. The van der Waals surface area contributed by atoms with E-state index >= 15 is 0 Å². The van der Waals surface area contributed by atoms with Crippen LogP contribution < -0.4 is 5.32 Å². The van der Waals surface area contributed by atoms with Gasteiger partial charge in [0.25, 0.3) is 0 Å². The van der Waals surface area contributed by atoms with Crippen LogP contribution in [-0.2, 0) is 0 Å². The zero-order valence-corrected chi connectivity index (χ0v) is 11.3. The molecule has 0 saturated heterocycles. The van der Waals surface area contributed by atoms with Gasteiger partial charge in [-0.2, -0.15) is 0 Å². The first-order valence-corrected chi connectivity index (χ1v) is 6.80. The van der Waals surface area contributed by atoms with Gasteiger partial charge < -0.3 is 5.32 Å². The van der Waals surface area contributed by atoms with Crippen LogP contribution in [0, 0.1) is 0 Å². The van der Waals surface area contributed by atoms with E-state index in [-0.39, 0.29) is 0 Å². The van der Waals surface area contributed by atoms with Gasteiger partial charge >= 0.3 is 0 Å². The van der Waals surface area contributed by atoms with Crippen LogP contribution >= 0.6 is 22.9 Å². The summed E-state index contributed by atoms with van der Waals surface area (Å²) in [6.45, 7) is 0. The number of nitrogens with one attached hydrogen (secondary N) is 1. The first kappa shape index (κ1) is 11.5. The van der Waals surface area contributed by atoms with E-state index in [1.165, 1.54) is 0 Å². The van der Waals surface area contributed by atoms with Gasteiger partial charge in [-0.15, -0.1) is 11.3 Å². The summed E-state index contributed by atoms with van der Waals surface area (Å²) in [5, 5.41) is 4.88. The van der Waals surface area contributed by atoms with Crippen molar-refractivity contribution in [1.82, 2.24) is 4.98 Å². The molecule has 3 rings (SSSR count). The van der Waals surface area contributed by atoms with Crippen LogP contribution in [0.4, 0.5) is 5.69 Å². The van der Waals surface area contributed by atoms with Crippen LogP contribution in [0.2, 0.25) is 5.02 Å². The molecule has 0 spiro atoms. The number of fused-ring (bicyclic) bond motifs is 1. The normalized spacial score (nSPS) is 10.8. The second kappa shape index (κ2) is 4.59. The van der Waals surface area contributed by atoms with E-state index in [4.69, 9.17) is 11.6 Å².